The molecule has 0 N–H and O–H groups in total. The van der Waals surface area contributed by atoms with Crippen LogP contribution in [0.2, 0.25) is 19.1 Å². The van der Waals surface area contributed by atoms with Gasteiger partial charge in [-0.15, -0.1) is 0 Å². The maximum absolute atomic E-state index is 5.52. The van der Waals surface area contributed by atoms with E-state index in [0.29, 0.717) is 0 Å². The van der Waals surface area contributed by atoms with E-state index in [-0.39, 0.29) is 24.8 Å². The maximum Gasteiger partial charge on any atom is -1.00 e. The van der Waals surface area contributed by atoms with Gasteiger partial charge in [-0.05, 0) is 0 Å². The van der Waals surface area contributed by atoms with Crippen molar-refractivity contribution in [1.82, 2.24) is 0 Å². The number of allylic oxidation sites excluding steroid dienone is 4. The fraction of sp³-hybridized carbons (Fsp3) is 0.556. The van der Waals surface area contributed by atoms with Gasteiger partial charge in [-0.25, -0.2) is 0 Å². The largest absolute Gasteiger partial charge is 1.00 e. The molecule has 0 aromatic rings. The Kier molecular flexibility index (Phi) is 9.00. The molecule has 0 unspecified atom stereocenters. The zero-order chi connectivity index (χ0) is 9.19. The van der Waals surface area contributed by atoms with Crippen LogP contribution in [0, 0.1) is 0 Å². The zero-order valence-corrected chi connectivity index (χ0v) is 12.8. The Bertz CT molecular complexity index is 239. The number of rotatable bonds is 3. The first-order valence-electron chi connectivity index (χ1n) is 4.20. The minimum atomic E-state index is -1.39. The van der Waals surface area contributed by atoms with E-state index in [0.717, 1.165) is 12.5 Å². The van der Waals surface area contributed by atoms with Crippen LogP contribution in [0.3, 0.4) is 0 Å². The molecule has 0 fully saturated rings. The number of hydrogen-bond donors (Lipinski definition) is 0. The van der Waals surface area contributed by atoms with Gasteiger partial charge in [-0.2, -0.15) is 0 Å². The van der Waals surface area contributed by atoms with Gasteiger partial charge in [0.05, 0.1) is 0 Å². The monoisotopic (exact) mass is 285 g/mol. The predicted molar refractivity (Wildman–Crippen MR) is 50.1 cm³/mol. The Labute approximate surface area is 112 Å². The van der Waals surface area contributed by atoms with Crippen LogP contribution in [0.1, 0.15) is 6.42 Å². The Morgan fingerprint density at radius 1 is 1.43 bits per heavy atom. The van der Waals surface area contributed by atoms with Crippen molar-refractivity contribution in [3.8, 4) is 0 Å². The van der Waals surface area contributed by atoms with Gasteiger partial charge in [0.25, 0.3) is 0 Å². The molecule has 0 amide bonds. The number of halogens is 2. The van der Waals surface area contributed by atoms with Crippen LogP contribution < -0.4 is 24.8 Å². The molecule has 0 saturated heterocycles. The molecule has 1 aliphatic rings. The average Bonchev–Trinajstić information content (AvgIpc) is 2.36. The minimum Gasteiger partial charge on any atom is -1.00 e. The fourth-order valence-corrected chi connectivity index (χ4v) is 3.37. The van der Waals surface area contributed by atoms with Gasteiger partial charge in [0, 0.05) is 0 Å². The predicted octanol–water partition coefficient (Wildman–Crippen LogP) is -3.39. The quantitative estimate of drug-likeness (QED) is 0.492. The summed E-state index contributed by atoms with van der Waals surface area (Å²) in [4.78, 5) is 0. The van der Waals surface area contributed by atoms with Crippen molar-refractivity contribution in [2.24, 2.45) is 0 Å². The Morgan fingerprint density at radius 2 is 2.00 bits per heavy atom. The van der Waals surface area contributed by atoms with Crippen molar-refractivity contribution in [2.75, 3.05) is 7.11 Å². The molecule has 0 aromatic heterocycles. The van der Waals surface area contributed by atoms with Crippen molar-refractivity contribution in [3.63, 3.8) is 0 Å². The molecule has 0 atom stereocenters. The second kappa shape index (κ2) is 7.26. The molecule has 79 valence electrons. The van der Waals surface area contributed by atoms with Crippen molar-refractivity contribution in [1.29, 1.82) is 0 Å². The summed E-state index contributed by atoms with van der Waals surface area (Å²) in [6.45, 7) is 4.53. The van der Waals surface area contributed by atoms with Crippen molar-refractivity contribution >= 4 is 8.32 Å². The van der Waals surface area contributed by atoms with E-state index in [1.54, 1.807) is 0 Å². The van der Waals surface area contributed by atoms with Crippen molar-refractivity contribution < 1.29 is 49.7 Å². The van der Waals surface area contributed by atoms with Crippen LogP contribution in [0.5, 0.6) is 0 Å². The summed E-state index contributed by atoms with van der Waals surface area (Å²) in [5, 5.41) is 0. The molecule has 0 aromatic carbocycles. The molecule has 0 bridgehead atoms. The minimum absolute atomic E-state index is 0. The van der Waals surface area contributed by atoms with E-state index in [9.17, 15) is 0 Å². The number of hydrogen-bond acceptors (Lipinski definition) is 1. The van der Waals surface area contributed by atoms with Crippen molar-refractivity contribution in [3.05, 3.63) is 21.6 Å². The van der Waals surface area contributed by atoms with Crippen LogP contribution in [-0.4, -0.2) is 15.4 Å². The van der Waals surface area contributed by atoms with Crippen LogP contribution in [0.4, 0.5) is 0 Å². The summed E-state index contributed by atoms with van der Waals surface area (Å²) < 4.78 is 7.04. The average molecular weight is 286 g/mol. The standard InChI is InChI=1S/C9H15OSi.2ClH.Ti/c1-10-11(2,3)8-9-6-4-5-7-9;;;/h4,6H,5,8H2,1-3H3;2*1H;/q;;;+2/p-2. The van der Waals surface area contributed by atoms with Crippen LogP contribution >= 0.6 is 0 Å². The Balaban J connectivity index is 0. The first kappa shape index (κ1) is 17.3. The zero-order valence-electron chi connectivity index (χ0n) is 8.73. The Morgan fingerprint density at radius 3 is 2.36 bits per heavy atom. The molecule has 0 radical (unpaired) electrons. The van der Waals surface area contributed by atoms with E-state index < -0.39 is 8.32 Å². The Hall–Kier alpha value is 0.951. The third-order valence-corrected chi connectivity index (χ3v) is 5.36. The molecule has 14 heavy (non-hydrogen) atoms. The molecule has 0 spiro atoms. The van der Waals surface area contributed by atoms with Crippen LogP contribution in [0.15, 0.2) is 21.6 Å². The smallest absolute Gasteiger partial charge is 1.00 e. The summed E-state index contributed by atoms with van der Waals surface area (Å²) in [6.07, 6.45) is 5.64. The summed E-state index contributed by atoms with van der Waals surface area (Å²) in [7, 11) is 0.441. The molecule has 0 saturated carbocycles. The third kappa shape index (κ3) is 5.15. The van der Waals surface area contributed by atoms with E-state index in [2.05, 4.69) is 45.7 Å². The van der Waals surface area contributed by atoms with Gasteiger partial charge in [0.15, 0.2) is 0 Å². The first-order valence-corrected chi connectivity index (χ1v) is 8.10. The molecule has 0 aliphatic heterocycles. The summed E-state index contributed by atoms with van der Waals surface area (Å²) in [5.74, 6) is 0. The van der Waals surface area contributed by atoms with Gasteiger partial charge in [0.1, 0.15) is 0 Å². The van der Waals surface area contributed by atoms with Crippen LogP contribution in [-0.2, 0) is 24.9 Å². The summed E-state index contributed by atoms with van der Waals surface area (Å²) in [5.41, 5.74) is 1.51. The summed E-state index contributed by atoms with van der Waals surface area (Å²) >= 11 is 2.22. The molecule has 1 rings (SSSR count). The van der Waals surface area contributed by atoms with Gasteiger partial charge in [-0.1, -0.05) is 0 Å². The molecule has 1 aliphatic carbocycles. The molecule has 5 heteroatoms. The molecule has 1 nitrogen and oxygen atoms in total. The van der Waals surface area contributed by atoms with E-state index in [1.165, 1.54) is 9.45 Å². The molecule has 0 heterocycles. The summed E-state index contributed by atoms with van der Waals surface area (Å²) in [6, 6.07) is 1.16. The second-order valence-corrected chi connectivity index (χ2v) is 8.97. The molecular weight excluding hydrogens is 271 g/mol. The van der Waals surface area contributed by atoms with Gasteiger partial charge in [0.2, 0.25) is 0 Å². The normalized spacial score (nSPS) is 15.2. The van der Waals surface area contributed by atoms with Gasteiger partial charge in [-0.3, -0.25) is 0 Å². The van der Waals surface area contributed by atoms with E-state index in [1.807, 2.05) is 7.11 Å². The fourth-order valence-electron chi connectivity index (χ4n) is 1.25. The topological polar surface area (TPSA) is 9.23 Å². The van der Waals surface area contributed by atoms with E-state index in [4.69, 9.17) is 4.43 Å². The maximum atomic E-state index is 5.52. The molecular formula is C9H15Cl2OSiTi. The van der Waals surface area contributed by atoms with Crippen molar-refractivity contribution in [2.45, 2.75) is 25.6 Å². The van der Waals surface area contributed by atoms with Gasteiger partial charge >= 0.3 is 87.5 Å². The SMILES string of the molecule is CO[Si](C)(C)CC1=[C]([Ti+2])CC=C1.[Cl-].[Cl-]. The van der Waals surface area contributed by atoms with E-state index >= 15 is 0 Å². The third-order valence-electron chi connectivity index (χ3n) is 2.20. The first-order chi connectivity index (χ1) is 5.55. The van der Waals surface area contributed by atoms with Crippen LogP contribution in [0.25, 0.3) is 0 Å². The van der Waals surface area contributed by atoms with Gasteiger partial charge < -0.3 is 24.8 Å². The second-order valence-electron chi connectivity index (χ2n) is 3.75.